The average Bonchev–Trinajstić information content (AvgIpc) is 3.29. The molecular formula is C21H31IN6O2. The van der Waals surface area contributed by atoms with Crippen LogP contribution in [0, 0.1) is 5.92 Å². The van der Waals surface area contributed by atoms with Crippen LogP contribution in [0.2, 0.25) is 0 Å². The number of guanidine groups is 1. The Labute approximate surface area is 195 Å². The van der Waals surface area contributed by atoms with Gasteiger partial charge in [-0.25, -0.2) is 4.98 Å². The van der Waals surface area contributed by atoms with Crippen LogP contribution >= 0.6 is 24.0 Å². The van der Waals surface area contributed by atoms with Crippen LogP contribution in [-0.2, 0) is 0 Å². The van der Waals surface area contributed by atoms with Crippen molar-refractivity contribution in [3.63, 3.8) is 0 Å². The van der Waals surface area contributed by atoms with E-state index in [0.717, 1.165) is 31.2 Å². The molecule has 1 fully saturated rings. The lowest BCUT2D eigenvalue weighted by atomic mass is 9.93. The largest absolute Gasteiger partial charge is 0.497 e. The number of carbonyl (C=O) groups excluding carboxylic acids is 1. The van der Waals surface area contributed by atoms with Crippen LogP contribution < -0.4 is 15.4 Å². The Morgan fingerprint density at radius 3 is 2.63 bits per heavy atom. The molecule has 2 atom stereocenters. The number of piperidine rings is 1. The van der Waals surface area contributed by atoms with E-state index in [-0.39, 0.29) is 29.9 Å². The van der Waals surface area contributed by atoms with Gasteiger partial charge in [-0.05, 0) is 36.6 Å². The van der Waals surface area contributed by atoms with Gasteiger partial charge >= 0.3 is 0 Å². The number of likely N-dealkylation sites (tertiary alicyclic amines) is 1. The second kappa shape index (κ2) is 11.8. The summed E-state index contributed by atoms with van der Waals surface area (Å²) in [6.07, 6.45) is 6.83. The number of halogens is 1. The zero-order chi connectivity index (χ0) is 20.6. The van der Waals surface area contributed by atoms with Crippen LogP contribution in [-0.4, -0.2) is 66.7 Å². The van der Waals surface area contributed by atoms with Gasteiger partial charge in [0.15, 0.2) is 5.96 Å². The number of aromatic nitrogens is 2. The number of hydrogen-bond acceptors (Lipinski definition) is 4. The van der Waals surface area contributed by atoms with E-state index < -0.39 is 0 Å². The Hall–Kier alpha value is -2.30. The van der Waals surface area contributed by atoms with Crippen molar-refractivity contribution in [1.82, 2.24) is 25.1 Å². The highest BCUT2D eigenvalue weighted by atomic mass is 127. The summed E-state index contributed by atoms with van der Waals surface area (Å²) < 4.78 is 7.30. The molecule has 2 N–H and O–H groups in total. The number of carbonyl (C=O) groups is 1. The predicted molar refractivity (Wildman–Crippen MR) is 129 cm³/mol. The van der Waals surface area contributed by atoms with Gasteiger partial charge in [-0.15, -0.1) is 24.0 Å². The van der Waals surface area contributed by atoms with E-state index in [9.17, 15) is 4.79 Å². The van der Waals surface area contributed by atoms with Crippen LogP contribution in [0.1, 0.15) is 29.7 Å². The van der Waals surface area contributed by atoms with Crippen molar-refractivity contribution in [2.75, 3.05) is 40.3 Å². The molecule has 164 valence electrons. The minimum atomic E-state index is -0.101. The molecule has 1 aromatic carbocycles. The lowest BCUT2D eigenvalue weighted by Gasteiger charge is -2.39. The third kappa shape index (κ3) is 6.10. The maximum Gasteiger partial charge on any atom is 0.251 e. The van der Waals surface area contributed by atoms with Crippen LogP contribution in [0.5, 0.6) is 5.75 Å². The molecule has 0 radical (unpaired) electrons. The Bertz CT molecular complexity index is 809. The van der Waals surface area contributed by atoms with Crippen LogP contribution in [0.4, 0.5) is 0 Å². The van der Waals surface area contributed by atoms with E-state index in [4.69, 9.17) is 4.74 Å². The zero-order valence-electron chi connectivity index (χ0n) is 17.7. The summed E-state index contributed by atoms with van der Waals surface area (Å²) in [6, 6.07) is 7.45. The number of hydrogen-bond donors (Lipinski definition) is 2. The van der Waals surface area contributed by atoms with E-state index >= 15 is 0 Å². The first-order valence-electron chi connectivity index (χ1n) is 9.97. The highest BCUT2D eigenvalue weighted by Gasteiger charge is 2.28. The van der Waals surface area contributed by atoms with Gasteiger partial charge < -0.3 is 24.8 Å². The maximum absolute atomic E-state index is 12.2. The number of nitrogens with one attached hydrogen (secondary N) is 2. The molecule has 0 spiro atoms. The van der Waals surface area contributed by atoms with E-state index in [1.165, 1.54) is 0 Å². The molecule has 2 heterocycles. The van der Waals surface area contributed by atoms with Crippen molar-refractivity contribution in [3.8, 4) is 5.75 Å². The molecule has 1 aliphatic heterocycles. The molecule has 1 saturated heterocycles. The summed E-state index contributed by atoms with van der Waals surface area (Å²) >= 11 is 0. The van der Waals surface area contributed by atoms with Crippen molar-refractivity contribution in [1.29, 1.82) is 0 Å². The average molecular weight is 526 g/mol. The fraction of sp³-hybridized carbons (Fsp3) is 0.476. The second-order valence-electron chi connectivity index (χ2n) is 7.25. The van der Waals surface area contributed by atoms with Gasteiger partial charge in [-0.1, -0.05) is 6.92 Å². The van der Waals surface area contributed by atoms with Gasteiger partial charge in [0.1, 0.15) is 5.75 Å². The van der Waals surface area contributed by atoms with Crippen LogP contribution in [0.25, 0.3) is 0 Å². The topological polar surface area (TPSA) is 83.8 Å². The Kier molecular flexibility index (Phi) is 9.41. The molecule has 2 aromatic rings. The number of ether oxygens (including phenoxy) is 1. The molecule has 0 bridgehead atoms. The van der Waals surface area contributed by atoms with Crippen molar-refractivity contribution in [2.24, 2.45) is 10.9 Å². The standard InChI is InChI=1S/C21H30N6O2.HI/c1-16-8-12-26(14-19(16)27-13-11-23-15-27)21(22-2)25-10-9-24-20(28)17-4-6-18(29-3)7-5-17;/h4-7,11,13,15-16,19H,8-10,12,14H2,1-3H3,(H,22,25)(H,24,28);1H. The van der Waals surface area contributed by atoms with E-state index in [0.29, 0.717) is 30.6 Å². The number of imidazole rings is 1. The molecule has 30 heavy (non-hydrogen) atoms. The lowest BCUT2D eigenvalue weighted by Crippen LogP contribution is -2.50. The maximum atomic E-state index is 12.2. The Morgan fingerprint density at radius 2 is 2.00 bits per heavy atom. The van der Waals surface area contributed by atoms with Gasteiger partial charge in [-0.2, -0.15) is 0 Å². The molecule has 1 aliphatic rings. The number of rotatable bonds is 6. The summed E-state index contributed by atoms with van der Waals surface area (Å²) in [7, 11) is 3.40. The van der Waals surface area contributed by atoms with Gasteiger partial charge in [0.25, 0.3) is 5.91 Å². The summed E-state index contributed by atoms with van der Waals surface area (Å²) in [4.78, 5) is 23.1. The zero-order valence-corrected chi connectivity index (χ0v) is 20.1. The SMILES string of the molecule is CN=C(NCCNC(=O)c1ccc(OC)cc1)N1CCC(C)C(n2ccnc2)C1.I. The number of benzene rings is 1. The molecular weight excluding hydrogens is 495 g/mol. The molecule has 8 nitrogen and oxygen atoms in total. The molecule has 0 aliphatic carbocycles. The summed E-state index contributed by atoms with van der Waals surface area (Å²) in [6.45, 7) is 5.25. The first kappa shape index (κ1) is 24.0. The monoisotopic (exact) mass is 526 g/mol. The van der Waals surface area contributed by atoms with Gasteiger partial charge in [0, 0.05) is 51.2 Å². The smallest absolute Gasteiger partial charge is 0.251 e. The third-order valence-electron chi connectivity index (χ3n) is 5.38. The van der Waals surface area contributed by atoms with E-state index in [1.54, 1.807) is 38.4 Å². The summed E-state index contributed by atoms with van der Waals surface area (Å²) in [5.41, 5.74) is 0.614. The molecule has 2 unspecified atom stereocenters. The van der Waals surface area contributed by atoms with Gasteiger partial charge in [0.2, 0.25) is 0 Å². The van der Waals surface area contributed by atoms with Crippen molar-refractivity contribution in [2.45, 2.75) is 19.4 Å². The quantitative estimate of drug-likeness (QED) is 0.262. The molecule has 3 rings (SSSR count). The highest BCUT2D eigenvalue weighted by Crippen LogP contribution is 2.27. The normalized spacial score (nSPS) is 19.0. The predicted octanol–water partition coefficient (Wildman–Crippen LogP) is 2.40. The van der Waals surface area contributed by atoms with Crippen molar-refractivity contribution < 1.29 is 9.53 Å². The Morgan fingerprint density at radius 1 is 1.27 bits per heavy atom. The first-order valence-corrected chi connectivity index (χ1v) is 9.97. The fourth-order valence-electron chi connectivity index (χ4n) is 3.62. The summed E-state index contributed by atoms with van der Waals surface area (Å²) in [5, 5.41) is 6.29. The molecule has 1 aromatic heterocycles. The number of methoxy groups -OCH3 is 1. The van der Waals surface area contributed by atoms with Gasteiger partial charge in [-0.3, -0.25) is 9.79 Å². The first-order chi connectivity index (χ1) is 14.1. The van der Waals surface area contributed by atoms with Crippen LogP contribution in [0.3, 0.4) is 0 Å². The molecule has 1 amide bonds. The van der Waals surface area contributed by atoms with E-state index in [1.807, 2.05) is 18.7 Å². The molecule has 0 saturated carbocycles. The minimum absolute atomic E-state index is 0. The minimum Gasteiger partial charge on any atom is -0.497 e. The number of amides is 1. The summed E-state index contributed by atoms with van der Waals surface area (Å²) in [5.74, 6) is 2.08. The van der Waals surface area contributed by atoms with E-state index in [2.05, 4.69) is 37.0 Å². The molecule has 9 heteroatoms. The Balaban J connectivity index is 0.00000320. The van der Waals surface area contributed by atoms with Crippen LogP contribution in [0.15, 0.2) is 48.0 Å². The second-order valence-corrected chi connectivity index (χ2v) is 7.25. The fourth-order valence-corrected chi connectivity index (χ4v) is 3.62. The third-order valence-corrected chi connectivity index (χ3v) is 5.38. The lowest BCUT2D eigenvalue weighted by molar-refractivity contribution is 0.0954. The highest BCUT2D eigenvalue weighted by molar-refractivity contribution is 14.0. The van der Waals surface area contributed by atoms with Crippen molar-refractivity contribution in [3.05, 3.63) is 48.5 Å². The van der Waals surface area contributed by atoms with Gasteiger partial charge in [0.05, 0.1) is 19.5 Å². The van der Waals surface area contributed by atoms with Crippen molar-refractivity contribution >= 4 is 35.8 Å². The number of aliphatic imine (C=N–C) groups is 1. The number of nitrogens with zero attached hydrogens (tertiary/aromatic N) is 4.